The minimum absolute atomic E-state index is 0.758. The first-order valence-electron chi connectivity index (χ1n) is 5.28. The molecule has 0 bridgehead atoms. The maximum atomic E-state index is 5.72. The summed E-state index contributed by atoms with van der Waals surface area (Å²) in [6.07, 6.45) is 0.973. The van der Waals surface area contributed by atoms with E-state index >= 15 is 0 Å². The highest BCUT2D eigenvalue weighted by Crippen LogP contribution is 2.26. The smallest absolute Gasteiger partial charge is 0.187 e. The lowest BCUT2D eigenvalue weighted by molar-refractivity contribution is 1.05. The van der Waals surface area contributed by atoms with E-state index in [-0.39, 0.29) is 0 Å². The summed E-state index contributed by atoms with van der Waals surface area (Å²) < 4.78 is 0. The molecule has 3 N–H and O–H groups in total. The van der Waals surface area contributed by atoms with Crippen LogP contribution in [0, 0.1) is 6.92 Å². The fourth-order valence-electron chi connectivity index (χ4n) is 1.55. The van der Waals surface area contributed by atoms with Crippen LogP contribution in [-0.4, -0.2) is 4.98 Å². The molecule has 0 fully saturated rings. The summed E-state index contributed by atoms with van der Waals surface area (Å²) >= 11 is 1.68. The van der Waals surface area contributed by atoms with Crippen LogP contribution < -0.4 is 11.1 Å². The predicted molar refractivity (Wildman–Crippen MR) is 70.4 cm³/mol. The fourth-order valence-corrected chi connectivity index (χ4v) is 2.47. The maximum Gasteiger partial charge on any atom is 0.187 e. The molecule has 4 heteroatoms. The van der Waals surface area contributed by atoms with Crippen LogP contribution >= 0.6 is 11.3 Å². The van der Waals surface area contributed by atoms with Crippen LogP contribution in [0.2, 0.25) is 0 Å². The van der Waals surface area contributed by atoms with E-state index in [1.165, 1.54) is 4.88 Å². The molecule has 16 heavy (non-hydrogen) atoms. The van der Waals surface area contributed by atoms with E-state index in [0.29, 0.717) is 0 Å². The number of hydrogen-bond donors (Lipinski definition) is 2. The van der Waals surface area contributed by atoms with E-state index in [0.717, 1.165) is 28.6 Å². The van der Waals surface area contributed by atoms with Crippen molar-refractivity contribution >= 4 is 27.8 Å². The number of rotatable bonds is 3. The Kier molecular flexibility index (Phi) is 3.10. The molecule has 0 aliphatic rings. The molecular formula is C12H15N3S. The number of anilines is 3. The molecule has 0 spiro atoms. The maximum absolute atomic E-state index is 5.72. The largest absolute Gasteiger partial charge is 0.399 e. The number of nitrogen functional groups attached to an aromatic ring is 1. The number of nitrogens with zero attached hydrogens (tertiary/aromatic N) is 1. The second-order valence-corrected chi connectivity index (χ2v) is 4.83. The minimum Gasteiger partial charge on any atom is -0.399 e. The van der Waals surface area contributed by atoms with Crippen molar-refractivity contribution in [2.24, 2.45) is 0 Å². The van der Waals surface area contributed by atoms with E-state index in [1.807, 2.05) is 24.3 Å². The Morgan fingerprint density at radius 1 is 1.44 bits per heavy atom. The van der Waals surface area contributed by atoms with Crippen LogP contribution in [-0.2, 0) is 6.42 Å². The third-order valence-corrected chi connectivity index (χ3v) is 3.29. The SMILES string of the molecule is CCc1nc(Nc2cccc(N)c2)sc1C. The topological polar surface area (TPSA) is 50.9 Å². The summed E-state index contributed by atoms with van der Waals surface area (Å²) in [5, 5.41) is 4.20. The zero-order valence-corrected chi connectivity index (χ0v) is 10.3. The lowest BCUT2D eigenvalue weighted by atomic mass is 10.3. The van der Waals surface area contributed by atoms with Gasteiger partial charge in [-0.3, -0.25) is 0 Å². The number of nitrogens with two attached hydrogens (primary N) is 1. The molecule has 0 saturated heterocycles. The summed E-state index contributed by atoms with van der Waals surface area (Å²) in [6.45, 7) is 4.22. The molecule has 1 aromatic carbocycles. The first-order chi connectivity index (χ1) is 7.69. The van der Waals surface area contributed by atoms with Gasteiger partial charge in [-0.1, -0.05) is 13.0 Å². The molecule has 0 amide bonds. The van der Waals surface area contributed by atoms with Gasteiger partial charge in [0.2, 0.25) is 0 Å². The molecule has 2 aromatic rings. The lowest BCUT2D eigenvalue weighted by Gasteiger charge is -2.02. The third kappa shape index (κ3) is 2.33. The van der Waals surface area contributed by atoms with Crippen molar-refractivity contribution in [3.05, 3.63) is 34.8 Å². The quantitative estimate of drug-likeness (QED) is 0.799. The number of benzene rings is 1. The van der Waals surface area contributed by atoms with E-state index < -0.39 is 0 Å². The average Bonchev–Trinajstić information content (AvgIpc) is 2.58. The highest BCUT2D eigenvalue weighted by atomic mass is 32.1. The molecule has 0 atom stereocenters. The molecular weight excluding hydrogens is 218 g/mol. The van der Waals surface area contributed by atoms with E-state index in [4.69, 9.17) is 5.73 Å². The van der Waals surface area contributed by atoms with Crippen LogP contribution in [0.1, 0.15) is 17.5 Å². The summed E-state index contributed by atoms with van der Waals surface area (Å²) in [5.41, 5.74) is 8.62. The van der Waals surface area contributed by atoms with Gasteiger partial charge in [0.25, 0.3) is 0 Å². The molecule has 2 rings (SSSR count). The molecule has 0 unspecified atom stereocenters. The average molecular weight is 233 g/mol. The molecule has 0 aliphatic carbocycles. The highest BCUT2D eigenvalue weighted by Gasteiger charge is 2.05. The van der Waals surface area contributed by atoms with Crippen LogP contribution in [0.25, 0.3) is 0 Å². The van der Waals surface area contributed by atoms with Crippen molar-refractivity contribution in [2.45, 2.75) is 20.3 Å². The van der Waals surface area contributed by atoms with Crippen LogP contribution in [0.15, 0.2) is 24.3 Å². The summed E-state index contributed by atoms with van der Waals surface area (Å²) in [7, 11) is 0. The molecule has 0 saturated carbocycles. The van der Waals surface area contributed by atoms with Crippen molar-refractivity contribution in [3.63, 3.8) is 0 Å². The van der Waals surface area contributed by atoms with Gasteiger partial charge in [-0.2, -0.15) is 0 Å². The van der Waals surface area contributed by atoms with Crippen molar-refractivity contribution < 1.29 is 0 Å². The lowest BCUT2D eigenvalue weighted by Crippen LogP contribution is -1.92. The first kappa shape index (κ1) is 11.0. The Hall–Kier alpha value is -1.55. The Labute approximate surface area is 99.3 Å². The second-order valence-electron chi connectivity index (χ2n) is 3.63. The van der Waals surface area contributed by atoms with Crippen molar-refractivity contribution in [1.82, 2.24) is 4.98 Å². The first-order valence-corrected chi connectivity index (χ1v) is 6.09. The fraction of sp³-hybridized carbons (Fsp3) is 0.250. The number of aromatic nitrogens is 1. The predicted octanol–water partition coefficient (Wildman–Crippen LogP) is 3.34. The Morgan fingerprint density at radius 3 is 2.88 bits per heavy atom. The Bertz CT molecular complexity index is 491. The normalized spacial score (nSPS) is 10.4. The van der Waals surface area contributed by atoms with E-state index in [9.17, 15) is 0 Å². The second kappa shape index (κ2) is 4.53. The third-order valence-electron chi connectivity index (χ3n) is 2.37. The van der Waals surface area contributed by atoms with Gasteiger partial charge in [-0.25, -0.2) is 4.98 Å². The van der Waals surface area contributed by atoms with Gasteiger partial charge in [-0.05, 0) is 31.5 Å². The van der Waals surface area contributed by atoms with Gasteiger partial charge >= 0.3 is 0 Å². The number of hydrogen-bond acceptors (Lipinski definition) is 4. The van der Waals surface area contributed by atoms with Crippen molar-refractivity contribution in [3.8, 4) is 0 Å². The van der Waals surface area contributed by atoms with Crippen molar-refractivity contribution in [2.75, 3.05) is 11.1 Å². The van der Waals surface area contributed by atoms with Crippen LogP contribution in [0.3, 0.4) is 0 Å². The molecule has 0 aliphatic heterocycles. The zero-order valence-electron chi connectivity index (χ0n) is 9.45. The monoisotopic (exact) mass is 233 g/mol. The van der Waals surface area contributed by atoms with E-state index in [2.05, 4.69) is 24.1 Å². The number of aryl methyl sites for hydroxylation is 2. The Morgan fingerprint density at radius 2 is 2.25 bits per heavy atom. The number of thiazole rings is 1. The van der Waals surface area contributed by atoms with Crippen LogP contribution in [0.5, 0.6) is 0 Å². The molecule has 84 valence electrons. The van der Waals surface area contributed by atoms with Gasteiger partial charge in [0.1, 0.15) is 0 Å². The van der Waals surface area contributed by atoms with Gasteiger partial charge < -0.3 is 11.1 Å². The Balaban J connectivity index is 2.20. The molecule has 1 heterocycles. The van der Waals surface area contributed by atoms with E-state index in [1.54, 1.807) is 11.3 Å². The standard InChI is InChI=1S/C12H15N3S/c1-3-11-8(2)16-12(15-11)14-10-6-4-5-9(13)7-10/h4-7H,3,13H2,1-2H3,(H,14,15). The van der Waals surface area contributed by atoms with Crippen LogP contribution in [0.4, 0.5) is 16.5 Å². The minimum atomic E-state index is 0.758. The summed E-state index contributed by atoms with van der Waals surface area (Å²) in [6, 6.07) is 7.69. The summed E-state index contributed by atoms with van der Waals surface area (Å²) in [4.78, 5) is 5.79. The molecule has 1 aromatic heterocycles. The zero-order chi connectivity index (χ0) is 11.5. The van der Waals surface area contributed by atoms with Gasteiger partial charge in [0, 0.05) is 16.3 Å². The molecule has 0 radical (unpaired) electrons. The van der Waals surface area contributed by atoms with Gasteiger partial charge in [0.15, 0.2) is 5.13 Å². The number of nitrogens with one attached hydrogen (secondary N) is 1. The van der Waals surface area contributed by atoms with Gasteiger partial charge in [-0.15, -0.1) is 11.3 Å². The summed E-state index contributed by atoms with van der Waals surface area (Å²) in [5.74, 6) is 0. The van der Waals surface area contributed by atoms with Crippen molar-refractivity contribution in [1.29, 1.82) is 0 Å². The molecule has 3 nitrogen and oxygen atoms in total. The highest BCUT2D eigenvalue weighted by molar-refractivity contribution is 7.15. The van der Waals surface area contributed by atoms with Gasteiger partial charge in [0.05, 0.1) is 5.69 Å².